The van der Waals surface area contributed by atoms with Gasteiger partial charge in [-0.15, -0.1) is 0 Å². The fraction of sp³-hybridized carbons (Fsp3) is 0.200. The molecule has 0 aliphatic carbocycles. The molecule has 0 amide bonds. The molecular formula is C15H18N4O. The van der Waals surface area contributed by atoms with Crippen LogP contribution in [0.2, 0.25) is 0 Å². The Morgan fingerprint density at radius 1 is 1.25 bits per heavy atom. The number of hydrogen-bond acceptors (Lipinski definition) is 4. The molecule has 5 heteroatoms. The molecule has 0 atom stereocenters. The minimum absolute atomic E-state index is 0.0205. The van der Waals surface area contributed by atoms with Gasteiger partial charge in [0.25, 0.3) is 0 Å². The van der Waals surface area contributed by atoms with Gasteiger partial charge >= 0.3 is 0 Å². The Morgan fingerprint density at radius 2 is 2.00 bits per heavy atom. The van der Waals surface area contributed by atoms with Gasteiger partial charge in [-0.05, 0) is 24.6 Å². The summed E-state index contributed by atoms with van der Waals surface area (Å²) in [6, 6.07) is 13.9. The predicted molar refractivity (Wildman–Crippen MR) is 79.9 cm³/mol. The Bertz CT molecular complexity index is 583. The number of amidine groups is 1. The van der Waals surface area contributed by atoms with Crippen LogP contribution in [0.3, 0.4) is 0 Å². The van der Waals surface area contributed by atoms with Crippen LogP contribution in [-0.4, -0.2) is 22.6 Å². The van der Waals surface area contributed by atoms with Gasteiger partial charge in [0.05, 0.1) is 5.69 Å². The molecule has 5 nitrogen and oxygen atoms in total. The average molecular weight is 270 g/mol. The molecule has 0 saturated heterocycles. The average Bonchev–Trinajstić information content (AvgIpc) is 2.53. The van der Waals surface area contributed by atoms with Crippen molar-refractivity contribution in [3.05, 3.63) is 59.9 Å². The van der Waals surface area contributed by atoms with Gasteiger partial charge in [-0.3, -0.25) is 4.98 Å². The maximum absolute atomic E-state index is 8.86. The van der Waals surface area contributed by atoms with E-state index in [0.29, 0.717) is 5.69 Å². The predicted octanol–water partition coefficient (Wildman–Crippen LogP) is 2.20. The first-order valence-corrected chi connectivity index (χ1v) is 6.48. The molecule has 20 heavy (non-hydrogen) atoms. The second-order valence-electron chi connectivity index (χ2n) is 4.36. The van der Waals surface area contributed by atoms with Gasteiger partial charge in [-0.25, -0.2) is 0 Å². The fourth-order valence-electron chi connectivity index (χ4n) is 2.07. The topological polar surface area (TPSA) is 74.7 Å². The standard InChI is InChI=1S/C15H18N4O/c1-2-19(11-12-7-4-3-5-8-12)13-9-6-10-17-14(13)15(16)18-20/h3-10,20H,2,11H2,1H3,(H2,16,18). The van der Waals surface area contributed by atoms with Crippen molar-refractivity contribution in [2.24, 2.45) is 10.9 Å². The molecule has 0 radical (unpaired) electrons. The van der Waals surface area contributed by atoms with Crippen LogP contribution in [0.5, 0.6) is 0 Å². The molecule has 1 aromatic carbocycles. The van der Waals surface area contributed by atoms with E-state index in [2.05, 4.69) is 34.1 Å². The molecule has 0 spiro atoms. The van der Waals surface area contributed by atoms with E-state index < -0.39 is 0 Å². The number of nitrogens with zero attached hydrogens (tertiary/aromatic N) is 3. The molecule has 2 rings (SSSR count). The van der Waals surface area contributed by atoms with E-state index >= 15 is 0 Å². The maximum Gasteiger partial charge on any atom is 0.190 e. The minimum Gasteiger partial charge on any atom is -0.409 e. The number of anilines is 1. The zero-order valence-corrected chi connectivity index (χ0v) is 11.4. The van der Waals surface area contributed by atoms with Crippen molar-refractivity contribution in [3.63, 3.8) is 0 Å². The second kappa shape index (κ2) is 6.56. The van der Waals surface area contributed by atoms with E-state index in [-0.39, 0.29) is 5.84 Å². The molecule has 0 fully saturated rings. The van der Waals surface area contributed by atoms with E-state index in [1.165, 1.54) is 5.56 Å². The van der Waals surface area contributed by atoms with Crippen LogP contribution in [-0.2, 0) is 6.54 Å². The fourth-order valence-corrected chi connectivity index (χ4v) is 2.07. The van der Waals surface area contributed by atoms with E-state index in [1.807, 2.05) is 30.3 Å². The van der Waals surface area contributed by atoms with Crippen molar-refractivity contribution < 1.29 is 5.21 Å². The third kappa shape index (κ3) is 3.06. The zero-order valence-electron chi connectivity index (χ0n) is 11.4. The number of hydrogen-bond donors (Lipinski definition) is 2. The minimum atomic E-state index is 0.0205. The van der Waals surface area contributed by atoms with E-state index in [9.17, 15) is 0 Å². The van der Waals surface area contributed by atoms with Crippen molar-refractivity contribution in [1.82, 2.24) is 4.98 Å². The van der Waals surface area contributed by atoms with Gasteiger partial charge in [0, 0.05) is 19.3 Å². The van der Waals surface area contributed by atoms with Gasteiger partial charge in [0.15, 0.2) is 5.84 Å². The molecule has 0 saturated carbocycles. The normalized spacial score (nSPS) is 11.3. The first-order chi connectivity index (χ1) is 9.76. The molecule has 0 aliphatic heterocycles. The van der Waals surface area contributed by atoms with Gasteiger partial charge in [-0.2, -0.15) is 0 Å². The van der Waals surface area contributed by atoms with E-state index in [1.54, 1.807) is 6.20 Å². The van der Waals surface area contributed by atoms with Gasteiger partial charge in [0.2, 0.25) is 0 Å². The molecule has 0 bridgehead atoms. The van der Waals surface area contributed by atoms with Gasteiger partial charge < -0.3 is 15.8 Å². The Morgan fingerprint density at radius 3 is 2.65 bits per heavy atom. The second-order valence-corrected chi connectivity index (χ2v) is 4.36. The largest absolute Gasteiger partial charge is 0.409 e. The van der Waals surface area contributed by atoms with Gasteiger partial charge in [0.1, 0.15) is 5.69 Å². The zero-order chi connectivity index (χ0) is 14.4. The summed E-state index contributed by atoms with van der Waals surface area (Å²) in [5.74, 6) is 0.0205. The first kappa shape index (κ1) is 13.9. The smallest absolute Gasteiger partial charge is 0.190 e. The Labute approximate surface area is 118 Å². The summed E-state index contributed by atoms with van der Waals surface area (Å²) in [6.07, 6.45) is 1.63. The Kier molecular flexibility index (Phi) is 4.55. The summed E-state index contributed by atoms with van der Waals surface area (Å²) in [6.45, 7) is 3.60. The number of aromatic nitrogens is 1. The summed E-state index contributed by atoms with van der Waals surface area (Å²) < 4.78 is 0. The van der Waals surface area contributed by atoms with Crippen molar-refractivity contribution in [1.29, 1.82) is 0 Å². The van der Waals surface area contributed by atoms with Crippen molar-refractivity contribution in [2.45, 2.75) is 13.5 Å². The highest BCUT2D eigenvalue weighted by Gasteiger charge is 2.14. The molecule has 0 unspecified atom stereocenters. The number of rotatable bonds is 5. The number of oxime groups is 1. The lowest BCUT2D eigenvalue weighted by Gasteiger charge is -2.24. The van der Waals surface area contributed by atoms with Gasteiger partial charge in [-0.1, -0.05) is 35.5 Å². The lowest BCUT2D eigenvalue weighted by atomic mass is 10.2. The van der Waals surface area contributed by atoms with Crippen molar-refractivity contribution >= 4 is 11.5 Å². The maximum atomic E-state index is 8.86. The van der Waals surface area contributed by atoms with Crippen LogP contribution in [0.25, 0.3) is 0 Å². The molecule has 3 N–H and O–H groups in total. The van der Waals surface area contributed by atoms with Crippen LogP contribution in [0.1, 0.15) is 18.2 Å². The first-order valence-electron chi connectivity index (χ1n) is 6.48. The van der Waals surface area contributed by atoms with Crippen LogP contribution < -0.4 is 10.6 Å². The molecule has 104 valence electrons. The summed E-state index contributed by atoms with van der Waals surface area (Å²) in [4.78, 5) is 6.34. The summed E-state index contributed by atoms with van der Waals surface area (Å²) in [7, 11) is 0. The molecule has 0 aliphatic rings. The Balaban J connectivity index is 2.33. The Hall–Kier alpha value is -2.56. The molecule has 2 aromatic rings. The molecule has 1 heterocycles. The summed E-state index contributed by atoms with van der Waals surface area (Å²) in [5.41, 5.74) is 8.24. The van der Waals surface area contributed by atoms with Crippen molar-refractivity contribution in [3.8, 4) is 0 Å². The third-order valence-electron chi connectivity index (χ3n) is 3.08. The van der Waals surface area contributed by atoms with Crippen LogP contribution in [0.4, 0.5) is 5.69 Å². The third-order valence-corrected chi connectivity index (χ3v) is 3.08. The number of benzene rings is 1. The highest BCUT2D eigenvalue weighted by Crippen LogP contribution is 2.20. The molecular weight excluding hydrogens is 252 g/mol. The van der Waals surface area contributed by atoms with E-state index in [4.69, 9.17) is 10.9 Å². The van der Waals surface area contributed by atoms with Crippen LogP contribution in [0.15, 0.2) is 53.8 Å². The quantitative estimate of drug-likeness (QED) is 0.378. The lowest BCUT2D eigenvalue weighted by Crippen LogP contribution is -2.27. The van der Waals surface area contributed by atoms with Crippen molar-refractivity contribution in [2.75, 3.05) is 11.4 Å². The van der Waals surface area contributed by atoms with Crippen LogP contribution in [0, 0.1) is 0 Å². The SMILES string of the molecule is CCN(Cc1ccccc1)c1cccnc1/C(N)=N/O. The monoisotopic (exact) mass is 270 g/mol. The highest BCUT2D eigenvalue weighted by atomic mass is 16.4. The van der Waals surface area contributed by atoms with Crippen LogP contribution >= 0.6 is 0 Å². The lowest BCUT2D eigenvalue weighted by molar-refractivity contribution is 0.318. The number of nitrogens with two attached hydrogens (primary N) is 1. The van der Waals surface area contributed by atoms with E-state index in [0.717, 1.165) is 18.8 Å². The molecule has 1 aromatic heterocycles. The summed E-state index contributed by atoms with van der Waals surface area (Å²) in [5, 5.41) is 11.9. The highest BCUT2D eigenvalue weighted by molar-refractivity contribution is 6.00. The number of pyridine rings is 1. The summed E-state index contributed by atoms with van der Waals surface area (Å²) >= 11 is 0.